The van der Waals surface area contributed by atoms with E-state index in [1.54, 1.807) is 14.0 Å². The minimum absolute atomic E-state index is 0.0532. The Morgan fingerprint density at radius 1 is 0.971 bits per heavy atom. The van der Waals surface area contributed by atoms with Gasteiger partial charge in [0.05, 0.1) is 18.5 Å². The third-order valence-electron chi connectivity index (χ3n) is 6.38. The number of pyridine rings is 1. The van der Waals surface area contributed by atoms with Crippen molar-refractivity contribution in [1.82, 2.24) is 9.88 Å². The van der Waals surface area contributed by atoms with E-state index in [1.165, 1.54) is 11.3 Å². The lowest BCUT2D eigenvalue weighted by Crippen LogP contribution is -2.48. The number of para-hydroxylation sites is 1. The van der Waals surface area contributed by atoms with E-state index >= 15 is 0 Å². The number of ether oxygens (including phenoxy) is 1. The number of anilines is 2. The van der Waals surface area contributed by atoms with Crippen LogP contribution in [0.15, 0.2) is 60.7 Å². The molecule has 5 rings (SSSR count). The summed E-state index contributed by atoms with van der Waals surface area (Å²) in [7, 11) is 1.64. The number of nitrogen functional groups attached to an aromatic ring is 1. The van der Waals surface area contributed by atoms with Gasteiger partial charge in [0.25, 0.3) is 5.91 Å². The summed E-state index contributed by atoms with van der Waals surface area (Å²) in [6.07, 6.45) is 0. The van der Waals surface area contributed by atoms with E-state index < -0.39 is 0 Å². The molecule has 4 aromatic rings. The number of thiophene rings is 1. The number of piperazine rings is 1. The predicted molar refractivity (Wildman–Crippen MR) is 141 cm³/mol. The zero-order chi connectivity index (χ0) is 24.5. The number of rotatable bonds is 5. The molecule has 1 fully saturated rings. The molecule has 1 aliphatic rings. The Morgan fingerprint density at radius 2 is 1.69 bits per heavy atom. The minimum atomic E-state index is -0.0593. The molecule has 0 radical (unpaired) electrons. The second-order valence-corrected chi connectivity index (χ2v) is 9.48. The molecule has 2 aromatic heterocycles. The van der Waals surface area contributed by atoms with Gasteiger partial charge in [-0.3, -0.25) is 9.59 Å². The predicted octanol–water partition coefficient (Wildman–Crippen LogP) is 4.72. The first-order chi connectivity index (χ1) is 17.0. The van der Waals surface area contributed by atoms with Gasteiger partial charge in [-0.15, -0.1) is 11.3 Å². The third kappa shape index (κ3) is 4.33. The Labute approximate surface area is 207 Å². The van der Waals surface area contributed by atoms with Crippen LogP contribution in [0.3, 0.4) is 0 Å². The average molecular weight is 487 g/mol. The highest BCUT2D eigenvalue weighted by Crippen LogP contribution is 2.37. The van der Waals surface area contributed by atoms with Crippen LogP contribution in [-0.4, -0.2) is 54.9 Å². The molecule has 3 heterocycles. The van der Waals surface area contributed by atoms with Crippen molar-refractivity contribution < 1.29 is 14.3 Å². The highest BCUT2D eigenvalue weighted by atomic mass is 32.1. The van der Waals surface area contributed by atoms with E-state index in [0.29, 0.717) is 42.3 Å². The number of benzene rings is 2. The fraction of sp³-hybridized carbons (Fsp3) is 0.222. The maximum atomic E-state index is 13.4. The van der Waals surface area contributed by atoms with Crippen molar-refractivity contribution in [2.45, 2.75) is 6.92 Å². The molecule has 2 N–H and O–H groups in total. The van der Waals surface area contributed by atoms with E-state index in [0.717, 1.165) is 32.9 Å². The maximum absolute atomic E-state index is 13.4. The van der Waals surface area contributed by atoms with Crippen LogP contribution in [0.4, 0.5) is 11.4 Å². The SMILES string of the molecule is COc1ccccc1-c1ccc2c(N)c(C(=O)N3CCN(c4ccc(C(C)=O)cc4)CC3)sc2n1. The van der Waals surface area contributed by atoms with E-state index in [9.17, 15) is 9.59 Å². The van der Waals surface area contributed by atoms with Crippen LogP contribution in [0.5, 0.6) is 5.75 Å². The number of Topliss-reactive ketones (excluding diaryl/α,β-unsaturated/α-hetero) is 1. The second-order valence-electron chi connectivity index (χ2n) is 8.48. The third-order valence-corrected chi connectivity index (χ3v) is 7.48. The van der Waals surface area contributed by atoms with Crippen molar-refractivity contribution >= 4 is 44.6 Å². The second kappa shape index (κ2) is 9.38. The molecule has 2 aromatic carbocycles. The molecule has 7 nitrogen and oxygen atoms in total. The number of hydrogen-bond donors (Lipinski definition) is 1. The summed E-state index contributed by atoms with van der Waals surface area (Å²) < 4.78 is 5.47. The fourth-order valence-corrected chi connectivity index (χ4v) is 5.44. The van der Waals surface area contributed by atoms with Crippen molar-refractivity contribution in [2.75, 3.05) is 43.9 Å². The first-order valence-electron chi connectivity index (χ1n) is 11.4. The summed E-state index contributed by atoms with van der Waals surface area (Å²) in [6, 6.07) is 19.2. The van der Waals surface area contributed by atoms with Crippen molar-refractivity contribution in [3.05, 3.63) is 71.1 Å². The fourth-order valence-electron chi connectivity index (χ4n) is 4.38. The van der Waals surface area contributed by atoms with Crippen LogP contribution in [-0.2, 0) is 0 Å². The van der Waals surface area contributed by atoms with Gasteiger partial charge in [-0.25, -0.2) is 4.98 Å². The van der Waals surface area contributed by atoms with Gasteiger partial charge in [0, 0.05) is 48.4 Å². The number of aromatic nitrogens is 1. The largest absolute Gasteiger partial charge is 0.496 e. The molecule has 1 saturated heterocycles. The summed E-state index contributed by atoms with van der Waals surface area (Å²) >= 11 is 1.34. The zero-order valence-electron chi connectivity index (χ0n) is 19.7. The van der Waals surface area contributed by atoms with Crippen LogP contribution in [0.1, 0.15) is 27.0 Å². The average Bonchev–Trinajstić information content (AvgIpc) is 3.24. The van der Waals surface area contributed by atoms with Crippen LogP contribution in [0, 0.1) is 0 Å². The number of hydrogen-bond acceptors (Lipinski definition) is 7. The molecular formula is C27H26N4O3S. The maximum Gasteiger partial charge on any atom is 0.266 e. The van der Waals surface area contributed by atoms with Gasteiger partial charge in [-0.2, -0.15) is 0 Å². The highest BCUT2D eigenvalue weighted by molar-refractivity contribution is 7.21. The molecule has 35 heavy (non-hydrogen) atoms. The molecule has 178 valence electrons. The van der Waals surface area contributed by atoms with E-state index in [1.807, 2.05) is 65.6 Å². The van der Waals surface area contributed by atoms with Gasteiger partial charge in [0.15, 0.2) is 5.78 Å². The molecule has 1 aliphatic heterocycles. The number of nitrogens with two attached hydrogens (primary N) is 1. The Bertz CT molecular complexity index is 1410. The van der Waals surface area contributed by atoms with Crippen molar-refractivity contribution in [1.29, 1.82) is 0 Å². The first-order valence-corrected chi connectivity index (χ1v) is 12.3. The number of fused-ring (bicyclic) bond motifs is 1. The number of nitrogens with zero attached hydrogens (tertiary/aromatic N) is 3. The van der Waals surface area contributed by atoms with E-state index in [2.05, 4.69) is 4.90 Å². The van der Waals surface area contributed by atoms with E-state index in [4.69, 9.17) is 15.5 Å². The lowest BCUT2D eigenvalue weighted by molar-refractivity contribution is 0.0752. The molecular weight excluding hydrogens is 460 g/mol. The molecule has 0 unspecified atom stereocenters. The van der Waals surface area contributed by atoms with Gasteiger partial charge in [-0.05, 0) is 55.5 Å². The zero-order valence-corrected chi connectivity index (χ0v) is 20.5. The van der Waals surface area contributed by atoms with Gasteiger partial charge < -0.3 is 20.3 Å². The summed E-state index contributed by atoms with van der Waals surface area (Å²) in [4.78, 5) is 35.0. The van der Waals surface area contributed by atoms with Gasteiger partial charge in [0.1, 0.15) is 15.5 Å². The van der Waals surface area contributed by atoms with E-state index in [-0.39, 0.29) is 11.7 Å². The number of carbonyl (C=O) groups is 2. The Hall–Kier alpha value is -3.91. The number of methoxy groups -OCH3 is 1. The first kappa shape index (κ1) is 22.9. The Balaban J connectivity index is 1.33. The molecule has 0 atom stereocenters. The number of amides is 1. The smallest absolute Gasteiger partial charge is 0.266 e. The number of carbonyl (C=O) groups excluding carboxylic acids is 2. The van der Waals surface area contributed by atoms with Gasteiger partial charge in [-0.1, -0.05) is 12.1 Å². The number of ketones is 1. The normalized spacial score (nSPS) is 13.8. The monoisotopic (exact) mass is 486 g/mol. The van der Waals surface area contributed by atoms with Crippen LogP contribution in [0.25, 0.3) is 21.5 Å². The van der Waals surface area contributed by atoms with Crippen molar-refractivity contribution in [3.63, 3.8) is 0 Å². The van der Waals surface area contributed by atoms with Crippen LogP contribution in [0.2, 0.25) is 0 Å². The summed E-state index contributed by atoms with van der Waals surface area (Å²) in [5.74, 6) is 0.738. The standard InChI is InChI=1S/C27H26N4O3S/c1-17(32)18-7-9-19(10-8-18)30-13-15-31(16-14-30)27(33)25-24(28)21-11-12-22(29-26(21)35-25)20-5-3-4-6-23(20)34-2/h3-12H,13-16,28H2,1-2H3. The molecule has 0 aliphatic carbocycles. The Morgan fingerprint density at radius 3 is 2.37 bits per heavy atom. The van der Waals surface area contributed by atoms with Crippen LogP contribution >= 0.6 is 11.3 Å². The molecule has 0 spiro atoms. The minimum Gasteiger partial charge on any atom is -0.496 e. The summed E-state index contributed by atoms with van der Waals surface area (Å²) in [5, 5.41) is 0.793. The molecule has 0 saturated carbocycles. The van der Waals surface area contributed by atoms with Crippen molar-refractivity contribution in [2.24, 2.45) is 0 Å². The lowest BCUT2D eigenvalue weighted by Gasteiger charge is -2.36. The van der Waals surface area contributed by atoms with Crippen LogP contribution < -0.4 is 15.4 Å². The molecule has 0 bridgehead atoms. The topological polar surface area (TPSA) is 88.8 Å². The van der Waals surface area contributed by atoms with Gasteiger partial charge >= 0.3 is 0 Å². The molecule has 8 heteroatoms. The summed E-state index contributed by atoms with van der Waals surface area (Å²) in [6.45, 7) is 4.19. The lowest BCUT2D eigenvalue weighted by atomic mass is 10.1. The summed E-state index contributed by atoms with van der Waals surface area (Å²) in [5.41, 5.74) is 10.3. The molecule has 1 amide bonds. The van der Waals surface area contributed by atoms with Crippen molar-refractivity contribution in [3.8, 4) is 17.0 Å². The quantitative estimate of drug-likeness (QED) is 0.411. The van der Waals surface area contributed by atoms with Gasteiger partial charge in [0.2, 0.25) is 0 Å². The Kier molecular flexibility index (Phi) is 6.13. The highest BCUT2D eigenvalue weighted by Gasteiger charge is 2.26.